The van der Waals surface area contributed by atoms with Crippen molar-refractivity contribution in [3.05, 3.63) is 54.4 Å². The number of benzene rings is 1. The van der Waals surface area contributed by atoms with Crippen LogP contribution < -0.4 is 0 Å². The summed E-state index contributed by atoms with van der Waals surface area (Å²) < 4.78 is 2.14. The number of rotatable bonds is 6. The second-order valence-corrected chi connectivity index (χ2v) is 5.44. The summed E-state index contributed by atoms with van der Waals surface area (Å²) in [5.74, 6) is 1.04. The molecule has 0 spiro atoms. The van der Waals surface area contributed by atoms with Gasteiger partial charge in [-0.05, 0) is 30.2 Å². The minimum Gasteiger partial charge on any atom is -0.388 e. The fourth-order valence-electron chi connectivity index (χ4n) is 1.82. The van der Waals surface area contributed by atoms with E-state index in [-0.39, 0.29) is 6.10 Å². The first-order chi connectivity index (χ1) is 8.79. The van der Waals surface area contributed by atoms with E-state index >= 15 is 0 Å². The van der Waals surface area contributed by atoms with Crippen LogP contribution in [-0.2, 0) is 6.54 Å². The van der Waals surface area contributed by atoms with Crippen molar-refractivity contribution in [2.45, 2.75) is 30.9 Å². The zero-order valence-corrected chi connectivity index (χ0v) is 11.4. The third kappa shape index (κ3) is 3.65. The zero-order valence-electron chi connectivity index (χ0n) is 10.6. The average molecular weight is 261 g/mol. The molecule has 2 rings (SSSR count). The Labute approximate surface area is 113 Å². The number of aliphatic hydroxyl groups is 1. The Morgan fingerprint density at radius 1 is 1.22 bits per heavy atom. The molecule has 1 heterocycles. The van der Waals surface area contributed by atoms with E-state index in [1.165, 1.54) is 4.90 Å². The van der Waals surface area contributed by atoms with Gasteiger partial charge in [0.1, 0.15) is 0 Å². The Hall–Kier alpha value is -1.19. The highest BCUT2D eigenvalue weighted by atomic mass is 32.2. The van der Waals surface area contributed by atoms with Crippen LogP contribution in [0.25, 0.3) is 0 Å². The molecule has 0 bridgehead atoms. The summed E-state index contributed by atoms with van der Waals surface area (Å²) in [6.07, 6.45) is 4.52. The molecule has 1 atom stereocenters. The highest BCUT2D eigenvalue weighted by Gasteiger charge is 2.05. The number of aliphatic hydroxyl groups excluding tert-OH is 1. The predicted molar refractivity (Wildman–Crippen MR) is 76.8 cm³/mol. The molecule has 0 radical (unpaired) electrons. The highest BCUT2D eigenvalue weighted by Crippen LogP contribution is 2.19. The molecular formula is C15H19NOS. The number of hydrogen-bond acceptors (Lipinski definition) is 2. The normalized spacial score (nSPS) is 12.6. The number of nitrogens with zero attached hydrogens (tertiary/aromatic N) is 1. The molecule has 0 aliphatic rings. The number of hydrogen-bond donors (Lipinski definition) is 1. The van der Waals surface area contributed by atoms with Crippen LogP contribution >= 0.6 is 11.8 Å². The average Bonchev–Trinajstić information content (AvgIpc) is 2.88. The smallest absolute Gasteiger partial charge is 0.0802 e. The minimum atomic E-state index is -0.326. The maximum Gasteiger partial charge on any atom is 0.0802 e. The Morgan fingerprint density at radius 3 is 2.72 bits per heavy atom. The predicted octanol–water partition coefficient (Wildman–Crippen LogP) is 3.72. The third-order valence-corrected chi connectivity index (χ3v) is 3.90. The molecule has 2 nitrogen and oxygen atoms in total. The number of thioether (sulfide) groups is 1. The van der Waals surface area contributed by atoms with Gasteiger partial charge in [-0.15, -0.1) is 11.8 Å². The first kappa shape index (κ1) is 13.2. The lowest BCUT2D eigenvalue weighted by Gasteiger charge is -2.05. The summed E-state index contributed by atoms with van der Waals surface area (Å²) in [5.41, 5.74) is 1.02. The van der Waals surface area contributed by atoms with Gasteiger partial charge in [0.2, 0.25) is 0 Å². The van der Waals surface area contributed by atoms with Crippen LogP contribution in [-0.4, -0.2) is 15.4 Å². The molecule has 1 aromatic carbocycles. The first-order valence-electron chi connectivity index (χ1n) is 6.31. The Morgan fingerprint density at radius 2 is 2.00 bits per heavy atom. The summed E-state index contributed by atoms with van der Waals surface area (Å²) in [5, 5.41) is 9.73. The van der Waals surface area contributed by atoms with Crippen LogP contribution in [0.15, 0.2) is 53.7 Å². The summed E-state index contributed by atoms with van der Waals surface area (Å²) >= 11 is 1.86. The summed E-state index contributed by atoms with van der Waals surface area (Å²) in [7, 11) is 0. The lowest BCUT2D eigenvalue weighted by molar-refractivity contribution is 0.173. The summed E-state index contributed by atoms with van der Waals surface area (Å²) in [4.78, 5) is 1.30. The Kier molecular flexibility index (Phi) is 4.90. The van der Waals surface area contributed by atoms with Gasteiger partial charge in [-0.3, -0.25) is 0 Å². The number of aromatic nitrogens is 1. The molecule has 96 valence electrons. The molecule has 18 heavy (non-hydrogen) atoms. The van der Waals surface area contributed by atoms with E-state index < -0.39 is 0 Å². The van der Waals surface area contributed by atoms with Gasteiger partial charge in [0.25, 0.3) is 0 Å². The molecule has 1 N–H and O–H groups in total. The molecular weight excluding hydrogens is 242 g/mol. The van der Waals surface area contributed by atoms with Crippen molar-refractivity contribution >= 4 is 11.8 Å². The fourth-order valence-corrected chi connectivity index (χ4v) is 2.70. The van der Waals surface area contributed by atoms with Crippen LogP contribution in [0, 0.1) is 0 Å². The highest BCUT2D eigenvalue weighted by molar-refractivity contribution is 7.99. The third-order valence-electron chi connectivity index (χ3n) is 2.91. The van der Waals surface area contributed by atoms with Crippen molar-refractivity contribution in [2.75, 3.05) is 5.75 Å². The molecule has 2 aromatic rings. The van der Waals surface area contributed by atoms with Crippen molar-refractivity contribution in [1.82, 2.24) is 4.57 Å². The van der Waals surface area contributed by atoms with Gasteiger partial charge < -0.3 is 9.67 Å². The van der Waals surface area contributed by atoms with Crippen LogP contribution in [0.4, 0.5) is 0 Å². The monoisotopic (exact) mass is 261 g/mol. The van der Waals surface area contributed by atoms with E-state index in [1.807, 2.05) is 43.2 Å². The van der Waals surface area contributed by atoms with Crippen LogP contribution in [0.5, 0.6) is 0 Å². The second-order valence-electron chi connectivity index (χ2n) is 4.27. The van der Waals surface area contributed by atoms with E-state index in [0.717, 1.165) is 24.3 Å². The van der Waals surface area contributed by atoms with Gasteiger partial charge in [0.15, 0.2) is 0 Å². The van der Waals surface area contributed by atoms with Crippen molar-refractivity contribution in [3.8, 4) is 0 Å². The van der Waals surface area contributed by atoms with Crippen LogP contribution in [0.2, 0.25) is 0 Å². The van der Waals surface area contributed by atoms with Crippen LogP contribution in [0.3, 0.4) is 0 Å². The van der Waals surface area contributed by atoms with E-state index in [4.69, 9.17) is 0 Å². The maximum atomic E-state index is 9.73. The quantitative estimate of drug-likeness (QED) is 0.802. The molecule has 1 unspecified atom stereocenters. The summed E-state index contributed by atoms with van der Waals surface area (Å²) in [6, 6.07) is 12.4. The van der Waals surface area contributed by atoms with E-state index in [1.54, 1.807) is 0 Å². The molecule has 0 saturated carbocycles. The number of aryl methyl sites for hydroxylation is 1. The zero-order chi connectivity index (χ0) is 12.8. The van der Waals surface area contributed by atoms with Crippen molar-refractivity contribution in [3.63, 3.8) is 0 Å². The summed E-state index contributed by atoms with van der Waals surface area (Å²) in [6.45, 7) is 2.96. The van der Waals surface area contributed by atoms with E-state index in [2.05, 4.69) is 28.8 Å². The van der Waals surface area contributed by atoms with E-state index in [9.17, 15) is 5.11 Å². The van der Waals surface area contributed by atoms with Crippen molar-refractivity contribution < 1.29 is 5.11 Å². The van der Waals surface area contributed by atoms with E-state index in [0.29, 0.717) is 0 Å². The SMILES string of the molecule is CCC(O)c1ccn(CCSc2ccccc2)c1. The largest absolute Gasteiger partial charge is 0.388 e. The topological polar surface area (TPSA) is 25.2 Å². The van der Waals surface area contributed by atoms with Gasteiger partial charge >= 0.3 is 0 Å². The minimum absolute atomic E-state index is 0.326. The lowest BCUT2D eigenvalue weighted by atomic mass is 10.1. The molecule has 3 heteroatoms. The molecule has 0 amide bonds. The second kappa shape index (κ2) is 6.66. The molecule has 0 aliphatic carbocycles. The van der Waals surface area contributed by atoms with Crippen LogP contribution in [0.1, 0.15) is 25.0 Å². The molecule has 0 fully saturated rings. The molecule has 0 aliphatic heterocycles. The van der Waals surface area contributed by atoms with Gasteiger partial charge in [-0.2, -0.15) is 0 Å². The van der Waals surface area contributed by atoms with Crippen molar-refractivity contribution in [2.24, 2.45) is 0 Å². The first-order valence-corrected chi connectivity index (χ1v) is 7.29. The Balaban J connectivity index is 1.82. The van der Waals surface area contributed by atoms with Gasteiger partial charge in [-0.25, -0.2) is 0 Å². The fraction of sp³-hybridized carbons (Fsp3) is 0.333. The standard InChI is InChI=1S/C15H19NOS/c1-2-15(17)13-8-9-16(12-13)10-11-18-14-6-4-3-5-7-14/h3-9,12,15,17H,2,10-11H2,1H3. The van der Waals surface area contributed by atoms with Gasteiger partial charge in [-0.1, -0.05) is 25.1 Å². The molecule has 1 aromatic heterocycles. The maximum absolute atomic E-state index is 9.73. The van der Waals surface area contributed by atoms with Crippen molar-refractivity contribution in [1.29, 1.82) is 0 Å². The van der Waals surface area contributed by atoms with Gasteiger partial charge in [0.05, 0.1) is 6.10 Å². The Bertz CT molecular complexity index is 466. The lowest BCUT2D eigenvalue weighted by Crippen LogP contribution is -1.98. The molecule has 0 saturated heterocycles. The van der Waals surface area contributed by atoms with Gasteiger partial charge in [0, 0.05) is 29.6 Å².